The molecule has 1 N–H and O–H groups in total. The smallest absolute Gasteiger partial charge is 0.247 e. The number of hydrogen-bond acceptors (Lipinski definition) is 5. The first-order chi connectivity index (χ1) is 9.86. The molecule has 3 rings (SSSR count). The van der Waals surface area contributed by atoms with Gasteiger partial charge in [0, 0.05) is 19.6 Å². The van der Waals surface area contributed by atoms with E-state index >= 15 is 0 Å². The molecule has 0 spiro atoms. The Balaban J connectivity index is 1.79. The van der Waals surface area contributed by atoms with Crippen molar-refractivity contribution in [2.75, 3.05) is 23.3 Å². The van der Waals surface area contributed by atoms with Crippen molar-refractivity contribution in [3.63, 3.8) is 0 Å². The Hall–Kier alpha value is -2.43. The van der Waals surface area contributed by atoms with Gasteiger partial charge in [-0.2, -0.15) is 10.1 Å². The van der Waals surface area contributed by atoms with Gasteiger partial charge in [0.1, 0.15) is 0 Å². The van der Waals surface area contributed by atoms with Crippen LogP contribution in [0, 0.1) is 0 Å². The van der Waals surface area contributed by atoms with E-state index in [4.69, 9.17) is 0 Å². The fourth-order valence-corrected chi connectivity index (χ4v) is 2.36. The Morgan fingerprint density at radius 2 is 2.15 bits per heavy atom. The minimum Gasteiger partial charge on any atom is -0.365 e. The van der Waals surface area contributed by atoms with E-state index in [2.05, 4.69) is 56.2 Å². The van der Waals surface area contributed by atoms with Crippen LogP contribution in [0.2, 0.25) is 0 Å². The summed E-state index contributed by atoms with van der Waals surface area (Å²) < 4.78 is 0. The molecule has 5 nitrogen and oxygen atoms in total. The maximum absolute atomic E-state index is 4.50. The molecule has 0 bridgehead atoms. The van der Waals surface area contributed by atoms with Crippen LogP contribution in [0.1, 0.15) is 11.1 Å². The third-order valence-electron chi connectivity index (χ3n) is 3.39. The van der Waals surface area contributed by atoms with Gasteiger partial charge in [-0.1, -0.05) is 30.3 Å². The number of hydrogen-bond donors (Lipinski definition) is 1. The molecule has 1 aromatic heterocycles. The van der Waals surface area contributed by atoms with Crippen LogP contribution in [0.15, 0.2) is 43.1 Å². The monoisotopic (exact) mass is 267 g/mol. The lowest BCUT2D eigenvalue weighted by Gasteiger charge is -2.28. The second-order valence-corrected chi connectivity index (χ2v) is 4.75. The molecule has 2 aromatic rings. The lowest BCUT2D eigenvalue weighted by molar-refractivity contribution is 0.697. The van der Waals surface area contributed by atoms with E-state index in [0.717, 1.165) is 25.3 Å². The second-order valence-electron chi connectivity index (χ2n) is 4.75. The average Bonchev–Trinajstić information content (AvgIpc) is 2.53. The van der Waals surface area contributed by atoms with E-state index in [9.17, 15) is 0 Å². The van der Waals surface area contributed by atoms with Crippen molar-refractivity contribution in [3.05, 3.63) is 54.2 Å². The zero-order valence-electron chi connectivity index (χ0n) is 11.3. The average molecular weight is 267 g/mol. The maximum Gasteiger partial charge on any atom is 0.247 e. The van der Waals surface area contributed by atoms with E-state index < -0.39 is 0 Å². The molecular formula is C15H17N5. The molecule has 5 heteroatoms. The number of aromatic nitrogens is 3. The molecule has 0 radical (unpaired) electrons. The van der Waals surface area contributed by atoms with Crippen LogP contribution in [0.3, 0.4) is 0 Å². The summed E-state index contributed by atoms with van der Waals surface area (Å²) in [6.07, 6.45) is 4.44. The molecule has 0 saturated heterocycles. The van der Waals surface area contributed by atoms with Crippen molar-refractivity contribution in [3.8, 4) is 0 Å². The normalized spacial score (nSPS) is 13.7. The van der Waals surface area contributed by atoms with Gasteiger partial charge in [0.05, 0.1) is 6.20 Å². The van der Waals surface area contributed by atoms with Gasteiger partial charge in [-0.25, -0.2) is 0 Å². The molecule has 0 fully saturated rings. The second kappa shape index (κ2) is 5.69. The lowest BCUT2D eigenvalue weighted by atomic mass is 10.0. The summed E-state index contributed by atoms with van der Waals surface area (Å²) >= 11 is 0. The summed E-state index contributed by atoms with van der Waals surface area (Å²) in [6.45, 7) is 6.10. The van der Waals surface area contributed by atoms with Crippen molar-refractivity contribution < 1.29 is 0 Å². The third-order valence-corrected chi connectivity index (χ3v) is 3.39. The van der Waals surface area contributed by atoms with Crippen LogP contribution in [-0.2, 0) is 13.0 Å². The Morgan fingerprint density at radius 1 is 1.30 bits per heavy atom. The number of anilines is 2. The highest BCUT2D eigenvalue weighted by molar-refractivity contribution is 5.43. The topological polar surface area (TPSA) is 53.9 Å². The number of nitrogens with zero attached hydrogens (tertiary/aromatic N) is 4. The predicted molar refractivity (Wildman–Crippen MR) is 79.7 cm³/mol. The summed E-state index contributed by atoms with van der Waals surface area (Å²) in [5, 5.41) is 11.3. The van der Waals surface area contributed by atoms with Crippen LogP contribution in [0.5, 0.6) is 0 Å². The summed E-state index contributed by atoms with van der Waals surface area (Å²) in [4.78, 5) is 6.66. The zero-order valence-corrected chi connectivity index (χ0v) is 11.3. The highest BCUT2D eigenvalue weighted by Gasteiger charge is 2.18. The van der Waals surface area contributed by atoms with Gasteiger partial charge in [-0.05, 0) is 17.5 Å². The van der Waals surface area contributed by atoms with Crippen LogP contribution in [0.4, 0.5) is 11.8 Å². The van der Waals surface area contributed by atoms with Crippen LogP contribution < -0.4 is 10.2 Å². The molecule has 20 heavy (non-hydrogen) atoms. The Kier molecular flexibility index (Phi) is 3.58. The number of benzene rings is 1. The highest BCUT2D eigenvalue weighted by atomic mass is 15.3. The highest BCUT2D eigenvalue weighted by Crippen LogP contribution is 2.21. The fraction of sp³-hybridized carbons (Fsp3) is 0.267. The molecule has 102 valence electrons. The van der Waals surface area contributed by atoms with Gasteiger partial charge in [0.15, 0.2) is 5.82 Å². The maximum atomic E-state index is 4.50. The zero-order chi connectivity index (χ0) is 13.8. The quantitative estimate of drug-likeness (QED) is 0.859. The van der Waals surface area contributed by atoms with Crippen molar-refractivity contribution in [2.45, 2.75) is 13.0 Å². The predicted octanol–water partition coefficient (Wildman–Crippen LogP) is 2.03. The number of rotatable bonds is 4. The summed E-state index contributed by atoms with van der Waals surface area (Å²) in [7, 11) is 0. The molecule has 1 aliphatic heterocycles. The van der Waals surface area contributed by atoms with Crippen LogP contribution >= 0.6 is 0 Å². The van der Waals surface area contributed by atoms with E-state index in [1.54, 1.807) is 12.3 Å². The first-order valence-electron chi connectivity index (χ1n) is 6.73. The first-order valence-corrected chi connectivity index (χ1v) is 6.73. The molecule has 1 aromatic carbocycles. The van der Waals surface area contributed by atoms with Crippen LogP contribution in [0.25, 0.3) is 0 Å². The summed E-state index contributed by atoms with van der Waals surface area (Å²) in [6, 6.07) is 8.51. The molecule has 0 saturated carbocycles. The van der Waals surface area contributed by atoms with E-state index in [0.29, 0.717) is 12.5 Å². The Bertz CT molecular complexity index is 611. The standard InChI is InChI=1S/C15H17N5/c1-2-8-16-14-10-17-19-15(18-14)20-9-7-12-5-3-4-6-13(12)11-20/h2-6,10H,1,7-9,11H2,(H,16,18,19). The fourth-order valence-electron chi connectivity index (χ4n) is 2.36. The SMILES string of the molecule is C=CCNc1cnnc(N2CCc3ccccc3C2)n1. The largest absolute Gasteiger partial charge is 0.365 e. The van der Waals surface area contributed by atoms with E-state index in [1.807, 2.05) is 0 Å². The first kappa shape index (κ1) is 12.6. The van der Waals surface area contributed by atoms with Gasteiger partial charge < -0.3 is 10.2 Å². The molecule has 0 atom stereocenters. The van der Waals surface area contributed by atoms with E-state index in [-0.39, 0.29) is 0 Å². The molecule has 0 aliphatic carbocycles. The molecule has 0 unspecified atom stereocenters. The third kappa shape index (κ3) is 2.61. The Labute approximate surface area is 118 Å². The van der Waals surface area contributed by atoms with Gasteiger partial charge in [-0.15, -0.1) is 11.7 Å². The van der Waals surface area contributed by atoms with Crippen molar-refractivity contribution >= 4 is 11.8 Å². The minimum atomic E-state index is 0.668. The molecule has 2 heterocycles. The minimum absolute atomic E-state index is 0.668. The van der Waals surface area contributed by atoms with Crippen LogP contribution in [-0.4, -0.2) is 28.3 Å². The summed E-state index contributed by atoms with van der Waals surface area (Å²) in [5.74, 6) is 1.40. The van der Waals surface area contributed by atoms with Gasteiger partial charge in [0.25, 0.3) is 0 Å². The molecule has 0 amide bonds. The van der Waals surface area contributed by atoms with Crippen molar-refractivity contribution in [1.29, 1.82) is 0 Å². The van der Waals surface area contributed by atoms with E-state index in [1.165, 1.54) is 11.1 Å². The molecular weight excluding hydrogens is 250 g/mol. The van der Waals surface area contributed by atoms with Gasteiger partial charge in [0.2, 0.25) is 5.95 Å². The van der Waals surface area contributed by atoms with Crippen molar-refractivity contribution in [1.82, 2.24) is 15.2 Å². The number of fused-ring (bicyclic) bond motifs is 1. The lowest BCUT2D eigenvalue weighted by Crippen LogP contribution is -2.32. The van der Waals surface area contributed by atoms with Gasteiger partial charge in [-0.3, -0.25) is 0 Å². The Morgan fingerprint density at radius 3 is 3.00 bits per heavy atom. The number of nitrogens with one attached hydrogen (secondary N) is 1. The summed E-state index contributed by atoms with van der Waals surface area (Å²) in [5.41, 5.74) is 2.75. The van der Waals surface area contributed by atoms with Gasteiger partial charge >= 0.3 is 0 Å². The van der Waals surface area contributed by atoms with Crippen molar-refractivity contribution in [2.24, 2.45) is 0 Å². The molecule has 1 aliphatic rings.